The third-order valence-electron chi connectivity index (χ3n) is 4.71. The van der Waals surface area contributed by atoms with Crippen molar-refractivity contribution in [2.75, 3.05) is 5.32 Å². The monoisotopic (exact) mass is 426 g/mol. The lowest BCUT2D eigenvalue weighted by Crippen LogP contribution is -2.17. The fourth-order valence-corrected chi connectivity index (χ4v) is 3.90. The van der Waals surface area contributed by atoms with Crippen molar-refractivity contribution >= 4 is 40.2 Å². The zero-order chi connectivity index (χ0) is 21.0. The number of anilines is 1. The van der Waals surface area contributed by atoms with Crippen LogP contribution in [0.2, 0.25) is 0 Å². The van der Waals surface area contributed by atoms with Crippen LogP contribution < -0.4 is 5.32 Å². The van der Waals surface area contributed by atoms with Crippen molar-refractivity contribution in [2.45, 2.75) is 6.54 Å². The molecule has 0 aromatic carbocycles. The van der Waals surface area contributed by atoms with Crippen LogP contribution in [0.1, 0.15) is 27.4 Å². The van der Waals surface area contributed by atoms with Crippen LogP contribution in [-0.2, 0) is 6.54 Å². The smallest absolute Gasteiger partial charge is 0.274 e. The summed E-state index contributed by atoms with van der Waals surface area (Å²) in [6, 6.07) is 13.4. The topological polar surface area (TPSA) is 77.1 Å². The lowest BCUT2D eigenvalue weighted by atomic mass is 10.2. The molecular formula is C23H18N6OS. The van der Waals surface area contributed by atoms with Gasteiger partial charge < -0.3 is 8.97 Å². The SMILES string of the molecule is O=C(Nc1nc(/C=C/c2cn3ccccc3n2)cs1)c1cccn1Cc1ccncc1. The molecule has 5 aromatic rings. The Hall–Kier alpha value is -4.04. The number of hydrogen-bond donors (Lipinski definition) is 1. The van der Waals surface area contributed by atoms with Gasteiger partial charge in [0.1, 0.15) is 11.3 Å². The van der Waals surface area contributed by atoms with E-state index in [4.69, 9.17) is 0 Å². The number of amides is 1. The quantitative estimate of drug-likeness (QED) is 0.435. The van der Waals surface area contributed by atoms with E-state index in [9.17, 15) is 4.79 Å². The van der Waals surface area contributed by atoms with Gasteiger partial charge in [0, 0.05) is 42.9 Å². The fraction of sp³-hybridized carbons (Fsp3) is 0.0435. The molecule has 5 aromatic heterocycles. The number of thiazole rings is 1. The largest absolute Gasteiger partial charge is 0.339 e. The highest BCUT2D eigenvalue weighted by Crippen LogP contribution is 2.19. The molecule has 0 saturated carbocycles. The molecule has 1 N–H and O–H groups in total. The van der Waals surface area contributed by atoms with E-state index in [0.717, 1.165) is 22.6 Å². The summed E-state index contributed by atoms with van der Waals surface area (Å²) in [6.07, 6.45) is 13.1. The average molecular weight is 427 g/mol. The van der Waals surface area contributed by atoms with Crippen LogP contribution in [0.5, 0.6) is 0 Å². The number of nitrogens with zero attached hydrogens (tertiary/aromatic N) is 5. The lowest BCUT2D eigenvalue weighted by Gasteiger charge is -2.08. The van der Waals surface area contributed by atoms with E-state index in [0.29, 0.717) is 17.4 Å². The Morgan fingerprint density at radius 3 is 2.74 bits per heavy atom. The highest BCUT2D eigenvalue weighted by atomic mass is 32.1. The van der Waals surface area contributed by atoms with Crippen LogP contribution in [0.3, 0.4) is 0 Å². The van der Waals surface area contributed by atoms with Crippen LogP contribution in [0.25, 0.3) is 17.8 Å². The van der Waals surface area contributed by atoms with E-state index < -0.39 is 0 Å². The van der Waals surface area contributed by atoms with Crippen molar-refractivity contribution in [3.63, 3.8) is 0 Å². The standard InChI is InChI=1S/C23H18N6OS/c30-22(20-4-3-13-28(20)14-17-8-10-24-11-9-17)27-23-26-19(16-31-23)7-6-18-15-29-12-2-1-5-21(29)25-18/h1-13,15-16H,14H2,(H,26,27,30)/b7-6+. The van der Waals surface area contributed by atoms with E-state index in [1.807, 2.05) is 81.5 Å². The van der Waals surface area contributed by atoms with E-state index in [1.54, 1.807) is 18.5 Å². The first-order valence-electron chi connectivity index (χ1n) is 9.67. The first-order valence-corrected chi connectivity index (χ1v) is 10.6. The molecule has 1 amide bonds. The maximum atomic E-state index is 12.8. The second-order valence-corrected chi connectivity index (χ2v) is 7.73. The van der Waals surface area contributed by atoms with Gasteiger partial charge in [0.25, 0.3) is 5.91 Å². The Balaban J connectivity index is 1.26. The molecule has 0 unspecified atom stereocenters. The number of fused-ring (bicyclic) bond motifs is 1. The summed E-state index contributed by atoms with van der Waals surface area (Å²) in [5.74, 6) is -0.190. The number of rotatable bonds is 6. The zero-order valence-electron chi connectivity index (χ0n) is 16.4. The van der Waals surface area contributed by atoms with E-state index >= 15 is 0 Å². The maximum Gasteiger partial charge on any atom is 0.274 e. The zero-order valence-corrected chi connectivity index (χ0v) is 17.2. The minimum Gasteiger partial charge on any atom is -0.339 e. The molecular weight excluding hydrogens is 408 g/mol. The van der Waals surface area contributed by atoms with Gasteiger partial charge in [-0.25, -0.2) is 9.97 Å². The Labute approximate surface area is 182 Å². The predicted octanol–water partition coefficient (Wildman–Crippen LogP) is 4.46. The summed E-state index contributed by atoms with van der Waals surface area (Å²) in [7, 11) is 0. The minimum atomic E-state index is -0.190. The highest BCUT2D eigenvalue weighted by molar-refractivity contribution is 7.14. The van der Waals surface area contributed by atoms with Gasteiger partial charge in [-0.1, -0.05) is 6.07 Å². The van der Waals surface area contributed by atoms with Gasteiger partial charge in [0.05, 0.1) is 11.4 Å². The summed E-state index contributed by atoms with van der Waals surface area (Å²) in [5.41, 5.74) is 4.16. The molecule has 5 heterocycles. The first kappa shape index (κ1) is 19.0. The second-order valence-electron chi connectivity index (χ2n) is 6.87. The molecule has 152 valence electrons. The molecule has 8 heteroatoms. The van der Waals surface area contributed by atoms with Gasteiger partial charge in [-0.15, -0.1) is 11.3 Å². The van der Waals surface area contributed by atoms with Crippen LogP contribution in [0.4, 0.5) is 5.13 Å². The van der Waals surface area contributed by atoms with Crippen LogP contribution in [0.15, 0.2) is 78.8 Å². The van der Waals surface area contributed by atoms with Gasteiger partial charge in [0.2, 0.25) is 0 Å². The average Bonchev–Trinajstić information content (AvgIpc) is 3.52. The predicted molar refractivity (Wildman–Crippen MR) is 122 cm³/mol. The summed E-state index contributed by atoms with van der Waals surface area (Å²) < 4.78 is 3.87. The van der Waals surface area contributed by atoms with Crippen LogP contribution in [0, 0.1) is 0 Å². The van der Waals surface area contributed by atoms with Crippen molar-refractivity contribution in [3.8, 4) is 0 Å². The molecule has 0 aliphatic rings. The van der Waals surface area contributed by atoms with Gasteiger partial charge in [-0.05, 0) is 54.1 Å². The van der Waals surface area contributed by atoms with Gasteiger partial charge in [0.15, 0.2) is 5.13 Å². The molecule has 0 atom stereocenters. The molecule has 0 aliphatic carbocycles. The summed E-state index contributed by atoms with van der Waals surface area (Å²) in [6.45, 7) is 0.600. The van der Waals surface area contributed by atoms with Crippen LogP contribution in [-0.4, -0.2) is 29.8 Å². The van der Waals surface area contributed by atoms with E-state index in [1.165, 1.54) is 11.3 Å². The number of imidazole rings is 1. The number of aromatic nitrogens is 5. The minimum absolute atomic E-state index is 0.190. The van der Waals surface area contributed by atoms with Crippen LogP contribution >= 0.6 is 11.3 Å². The number of pyridine rings is 2. The number of nitrogens with one attached hydrogen (secondary N) is 1. The Morgan fingerprint density at radius 1 is 1.00 bits per heavy atom. The van der Waals surface area contributed by atoms with E-state index in [2.05, 4.69) is 20.3 Å². The Kier molecular flexibility index (Phi) is 5.12. The number of carbonyl (C=O) groups is 1. The molecule has 31 heavy (non-hydrogen) atoms. The first-order chi connectivity index (χ1) is 15.2. The molecule has 0 bridgehead atoms. The summed E-state index contributed by atoms with van der Waals surface area (Å²) in [5, 5.41) is 5.35. The number of hydrogen-bond acceptors (Lipinski definition) is 5. The van der Waals surface area contributed by atoms with Crippen molar-refractivity contribution in [1.29, 1.82) is 0 Å². The third kappa shape index (κ3) is 4.29. The Morgan fingerprint density at radius 2 is 1.87 bits per heavy atom. The fourth-order valence-electron chi connectivity index (χ4n) is 3.23. The highest BCUT2D eigenvalue weighted by Gasteiger charge is 2.13. The van der Waals surface area contributed by atoms with Crippen molar-refractivity contribution in [3.05, 3.63) is 101 Å². The van der Waals surface area contributed by atoms with Gasteiger partial charge in [-0.3, -0.25) is 15.1 Å². The van der Waals surface area contributed by atoms with Crippen molar-refractivity contribution in [2.24, 2.45) is 0 Å². The van der Waals surface area contributed by atoms with Gasteiger partial charge >= 0.3 is 0 Å². The van der Waals surface area contributed by atoms with Crippen molar-refractivity contribution in [1.82, 2.24) is 23.9 Å². The molecule has 0 saturated heterocycles. The molecule has 0 radical (unpaired) electrons. The van der Waals surface area contributed by atoms with E-state index in [-0.39, 0.29) is 5.91 Å². The number of carbonyl (C=O) groups excluding carboxylic acids is 1. The summed E-state index contributed by atoms with van der Waals surface area (Å²) >= 11 is 1.39. The summed E-state index contributed by atoms with van der Waals surface area (Å²) in [4.78, 5) is 25.8. The molecule has 5 rings (SSSR count). The molecule has 7 nitrogen and oxygen atoms in total. The Bertz CT molecular complexity index is 1330. The van der Waals surface area contributed by atoms with Crippen molar-refractivity contribution < 1.29 is 4.79 Å². The normalized spacial score (nSPS) is 11.4. The second kappa shape index (κ2) is 8.37. The molecule has 0 fully saturated rings. The molecule has 0 spiro atoms. The third-order valence-corrected chi connectivity index (χ3v) is 5.49. The maximum absolute atomic E-state index is 12.8. The van der Waals surface area contributed by atoms with Gasteiger partial charge in [-0.2, -0.15) is 0 Å². The lowest BCUT2D eigenvalue weighted by molar-refractivity contribution is 0.101. The molecule has 0 aliphatic heterocycles.